The van der Waals surface area contributed by atoms with E-state index in [4.69, 9.17) is 10.5 Å². The van der Waals surface area contributed by atoms with E-state index in [0.717, 1.165) is 16.8 Å². The van der Waals surface area contributed by atoms with Gasteiger partial charge in [-0.25, -0.2) is 4.98 Å². The molecule has 102 valence electrons. The highest BCUT2D eigenvalue weighted by Gasteiger charge is 2.10. The average Bonchev–Trinajstić information content (AvgIpc) is 2.84. The van der Waals surface area contributed by atoms with E-state index in [1.165, 1.54) is 6.33 Å². The summed E-state index contributed by atoms with van der Waals surface area (Å²) in [6.07, 6.45) is 1.45. The molecule has 0 saturated carbocycles. The van der Waals surface area contributed by atoms with Crippen molar-refractivity contribution < 1.29 is 4.74 Å². The Labute approximate surface area is 116 Å². The lowest BCUT2D eigenvalue weighted by Gasteiger charge is -2.12. The van der Waals surface area contributed by atoms with Gasteiger partial charge in [0.2, 0.25) is 5.88 Å². The van der Waals surface area contributed by atoms with E-state index in [1.807, 2.05) is 39.0 Å². The topological polar surface area (TPSA) is 78.3 Å². The Kier molecular flexibility index (Phi) is 2.78. The van der Waals surface area contributed by atoms with Crippen molar-refractivity contribution in [2.75, 3.05) is 5.73 Å². The standard InChI is InChI=1S/C14H15N5O/c1-8-4-9(2)12(6-11(8)15)20-13-5-10(3)18-14-16-7-17-19(13)14/h4-7H,15H2,1-3H3. The molecule has 0 spiro atoms. The predicted octanol–water partition coefficient (Wildman–Crippen LogP) is 2.42. The molecule has 6 nitrogen and oxygen atoms in total. The van der Waals surface area contributed by atoms with Crippen LogP contribution in [0.3, 0.4) is 0 Å². The van der Waals surface area contributed by atoms with Crippen molar-refractivity contribution >= 4 is 11.5 Å². The Hall–Kier alpha value is -2.63. The zero-order valence-electron chi connectivity index (χ0n) is 11.6. The minimum atomic E-state index is 0.512. The third-order valence-corrected chi connectivity index (χ3v) is 3.13. The zero-order chi connectivity index (χ0) is 14.3. The first-order valence-electron chi connectivity index (χ1n) is 6.26. The first-order valence-corrected chi connectivity index (χ1v) is 6.26. The molecule has 0 atom stereocenters. The fourth-order valence-corrected chi connectivity index (χ4v) is 2.04. The smallest absolute Gasteiger partial charge is 0.255 e. The molecule has 20 heavy (non-hydrogen) atoms. The summed E-state index contributed by atoms with van der Waals surface area (Å²) in [5.41, 5.74) is 9.50. The highest BCUT2D eigenvalue weighted by atomic mass is 16.5. The van der Waals surface area contributed by atoms with Gasteiger partial charge >= 0.3 is 0 Å². The van der Waals surface area contributed by atoms with Gasteiger partial charge in [-0.05, 0) is 31.9 Å². The number of aromatic nitrogens is 4. The zero-order valence-corrected chi connectivity index (χ0v) is 11.6. The first-order chi connectivity index (χ1) is 9.54. The van der Waals surface area contributed by atoms with Gasteiger partial charge in [-0.1, -0.05) is 6.07 Å². The molecular formula is C14H15N5O. The Bertz CT molecular complexity index is 794. The average molecular weight is 269 g/mol. The first kappa shape index (κ1) is 12.4. The van der Waals surface area contributed by atoms with E-state index in [-0.39, 0.29) is 0 Å². The number of rotatable bonds is 2. The highest BCUT2D eigenvalue weighted by molar-refractivity contribution is 5.55. The minimum Gasteiger partial charge on any atom is -0.438 e. The van der Waals surface area contributed by atoms with Gasteiger partial charge in [0.1, 0.15) is 12.1 Å². The maximum absolute atomic E-state index is 5.94. The number of nitrogen functional groups attached to an aromatic ring is 1. The number of nitrogens with two attached hydrogens (primary N) is 1. The van der Waals surface area contributed by atoms with Crippen LogP contribution in [0.2, 0.25) is 0 Å². The number of hydrogen-bond acceptors (Lipinski definition) is 5. The molecule has 3 aromatic rings. The van der Waals surface area contributed by atoms with E-state index in [1.54, 1.807) is 4.52 Å². The molecule has 6 heteroatoms. The van der Waals surface area contributed by atoms with Gasteiger partial charge in [-0.3, -0.25) is 0 Å². The maximum atomic E-state index is 5.94. The number of fused-ring (bicyclic) bond motifs is 1. The SMILES string of the molecule is Cc1cc(Oc2cc(N)c(C)cc2C)n2ncnc2n1. The normalized spacial score (nSPS) is 10.9. The number of ether oxygens (including phenoxy) is 1. The van der Waals surface area contributed by atoms with Gasteiger partial charge in [0.15, 0.2) is 0 Å². The Balaban J connectivity index is 2.09. The highest BCUT2D eigenvalue weighted by Crippen LogP contribution is 2.29. The Morgan fingerprint density at radius 3 is 2.70 bits per heavy atom. The van der Waals surface area contributed by atoms with Gasteiger partial charge < -0.3 is 10.5 Å². The second-order valence-electron chi connectivity index (χ2n) is 4.78. The lowest BCUT2D eigenvalue weighted by atomic mass is 10.1. The number of benzene rings is 1. The molecule has 0 saturated heterocycles. The fraction of sp³-hybridized carbons (Fsp3) is 0.214. The van der Waals surface area contributed by atoms with Crippen LogP contribution in [0.15, 0.2) is 24.5 Å². The maximum Gasteiger partial charge on any atom is 0.255 e. The van der Waals surface area contributed by atoms with E-state index in [0.29, 0.717) is 23.1 Å². The van der Waals surface area contributed by atoms with Gasteiger partial charge in [0.05, 0.1) is 0 Å². The van der Waals surface area contributed by atoms with Crippen LogP contribution in [0.1, 0.15) is 16.8 Å². The Morgan fingerprint density at radius 2 is 1.90 bits per heavy atom. The van der Waals surface area contributed by atoms with Crippen molar-refractivity contribution in [3.63, 3.8) is 0 Å². The van der Waals surface area contributed by atoms with Crippen molar-refractivity contribution in [1.29, 1.82) is 0 Å². The fourth-order valence-electron chi connectivity index (χ4n) is 2.04. The van der Waals surface area contributed by atoms with Crippen LogP contribution in [-0.2, 0) is 0 Å². The van der Waals surface area contributed by atoms with Crippen LogP contribution < -0.4 is 10.5 Å². The van der Waals surface area contributed by atoms with E-state index >= 15 is 0 Å². The molecule has 3 rings (SSSR count). The third kappa shape index (κ3) is 2.05. The van der Waals surface area contributed by atoms with Crippen molar-refractivity contribution in [1.82, 2.24) is 19.6 Å². The van der Waals surface area contributed by atoms with Crippen LogP contribution in [0.5, 0.6) is 11.6 Å². The van der Waals surface area contributed by atoms with Crippen LogP contribution in [0, 0.1) is 20.8 Å². The summed E-state index contributed by atoms with van der Waals surface area (Å²) in [4.78, 5) is 8.35. The van der Waals surface area contributed by atoms with Crippen LogP contribution >= 0.6 is 0 Å². The molecule has 0 unspecified atom stereocenters. The number of hydrogen-bond donors (Lipinski definition) is 1. The van der Waals surface area contributed by atoms with Gasteiger partial charge in [-0.2, -0.15) is 14.6 Å². The van der Waals surface area contributed by atoms with E-state index < -0.39 is 0 Å². The molecule has 0 aliphatic heterocycles. The molecule has 2 N–H and O–H groups in total. The second kappa shape index (κ2) is 4.48. The predicted molar refractivity (Wildman–Crippen MR) is 75.9 cm³/mol. The van der Waals surface area contributed by atoms with Gasteiger partial charge in [0, 0.05) is 23.5 Å². The van der Waals surface area contributed by atoms with Crippen molar-refractivity contribution in [3.05, 3.63) is 41.3 Å². The molecular weight excluding hydrogens is 254 g/mol. The number of anilines is 1. The van der Waals surface area contributed by atoms with Crippen molar-refractivity contribution in [2.24, 2.45) is 0 Å². The molecule has 2 heterocycles. The minimum absolute atomic E-state index is 0.512. The molecule has 2 aromatic heterocycles. The largest absolute Gasteiger partial charge is 0.438 e. The molecule has 0 amide bonds. The van der Waals surface area contributed by atoms with E-state index in [2.05, 4.69) is 15.1 Å². The summed E-state index contributed by atoms with van der Waals surface area (Å²) in [5.74, 6) is 1.78. The van der Waals surface area contributed by atoms with Gasteiger partial charge in [-0.15, -0.1) is 0 Å². The third-order valence-electron chi connectivity index (χ3n) is 3.13. The second-order valence-corrected chi connectivity index (χ2v) is 4.78. The molecule has 0 bridgehead atoms. The summed E-state index contributed by atoms with van der Waals surface area (Å²) in [7, 11) is 0. The van der Waals surface area contributed by atoms with Crippen molar-refractivity contribution in [2.45, 2.75) is 20.8 Å². The van der Waals surface area contributed by atoms with Crippen LogP contribution in [-0.4, -0.2) is 19.6 Å². The summed E-state index contributed by atoms with van der Waals surface area (Å²) in [5, 5.41) is 4.11. The molecule has 0 aliphatic rings. The quantitative estimate of drug-likeness (QED) is 0.723. The number of aryl methyl sites for hydroxylation is 3. The molecule has 0 fully saturated rings. The lowest BCUT2D eigenvalue weighted by molar-refractivity contribution is 0.442. The lowest BCUT2D eigenvalue weighted by Crippen LogP contribution is -2.01. The Morgan fingerprint density at radius 1 is 1.10 bits per heavy atom. The monoisotopic (exact) mass is 269 g/mol. The summed E-state index contributed by atoms with van der Waals surface area (Å²) in [6, 6.07) is 5.64. The molecule has 0 aliphatic carbocycles. The molecule has 0 radical (unpaired) electrons. The summed E-state index contributed by atoms with van der Waals surface area (Å²) < 4.78 is 7.50. The summed E-state index contributed by atoms with van der Waals surface area (Å²) >= 11 is 0. The molecule has 1 aromatic carbocycles. The van der Waals surface area contributed by atoms with Gasteiger partial charge in [0.25, 0.3) is 5.78 Å². The number of nitrogens with zero attached hydrogens (tertiary/aromatic N) is 4. The van der Waals surface area contributed by atoms with Crippen molar-refractivity contribution in [3.8, 4) is 11.6 Å². The van der Waals surface area contributed by atoms with Crippen LogP contribution in [0.4, 0.5) is 5.69 Å². The van der Waals surface area contributed by atoms with Crippen LogP contribution in [0.25, 0.3) is 5.78 Å². The van der Waals surface area contributed by atoms with E-state index in [9.17, 15) is 0 Å². The summed E-state index contributed by atoms with van der Waals surface area (Å²) in [6.45, 7) is 5.84.